The second-order valence-electron chi connectivity index (χ2n) is 12.8. The molecule has 10 aromatic rings. The Kier molecular flexibility index (Phi) is 7.00. The van der Waals surface area contributed by atoms with E-state index in [0.29, 0.717) is 5.89 Å². The van der Waals surface area contributed by atoms with E-state index in [1.807, 2.05) is 24.3 Å². The molecule has 4 heteroatoms. The first kappa shape index (κ1) is 29.4. The monoisotopic (exact) mass is 670 g/mol. The first-order chi connectivity index (χ1) is 25.2. The van der Waals surface area contributed by atoms with Crippen LogP contribution in [-0.2, 0) is 0 Å². The largest absolute Gasteiger partial charge is 0.436 e. The summed E-state index contributed by atoms with van der Waals surface area (Å²) in [5.74, 6) is 0.649. The van der Waals surface area contributed by atoms with E-state index < -0.39 is 0 Å². The molecule has 51 heavy (non-hydrogen) atoms. The quantitative estimate of drug-likeness (QED) is 0.176. The van der Waals surface area contributed by atoms with E-state index in [-0.39, 0.29) is 0 Å². The average molecular weight is 671 g/mol. The van der Waals surface area contributed by atoms with Gasteiger partial charge >= 0.3 is 0 Å². The Balaban J connectivity index is 1.10. The second-order valence-corrected chi connectivity index (χ2v) is 13.9. The smallest absolute Gasteiger partial charge is 0.227 e. The maximum Gasteiger partial charge on any atom is 0.227 e. The number of anilines is 3. The molecular weight excluding hydrogens is 641 g/mol. The third-order valence-corrected chi connectivity index (χ3v) is 10.8. The van der Waals surface area contributed by atoms with E-state index >= 15 is 0 Å². The number of nitrogens with zero attached hydrogens (tertiary/aromatic N) is 2. The molecule has 240 valence electrons. The molecule has 0 saturated carbocycles. The molecular formula is C47H30N2OS. The predicted octanol–water partition coefficient (Wildman–Crippen LogP) is 13.8. The first-order valence-corrected chi connectivity index (χ1v) is 17.9. The number of rotatable bonds is 6. The standard InChI is InChI=1S/C47H30N2OS/c1-2-10-31(11-3-1)35-14-8-15-38(29-35)49(37-24-22-33(23-25-37)36-21-20-32-12-4-5-13-34(32)28-36)39-26-27-40-45(30-39)51-44-19-9-16-41(46(40)44)47-48-42-17-6-7-18-43(42)50-47/h1-30H. The summed E-state index contributed by atoms with van der Waals surface area (Å²) in [4.78, 5) is 7.21. The fourth-order valence-corrected chi connectivity index (χ4v) is 8.36. The summed E-state index contributed by atoms with van der Waals surface area (Å²) < 4.78 is 8.67. The Bertz CT molecular complexity index is 2840. The fraction of sp³-hybridized carbons (Fsp3) is 0. The highest BCUT2D eigenvalue weighted by Gasteiger charge is 2.19. The van der Waals surface area contributed by atoms with Gasteiger partial charge < -0.3 is 9.32 Å². The SMILES string of the molecule is c1ccc(-c2cccc(N(c3ccc(-c4ccc5ccccc5c4)cc3)c3ccc4c(c3)sc3cccc(-c5nc6ccccc6o5)c34)c2)cc1. The minimum Gasteiger partial charge on any atom is -0.436 e. The van der Waals surface area contributed by atoms with Gasteiger partial charge in [-0.1, -0.05) is 115 Å². The highest BCUT2D eigenvalue weighted by Crippen LogP contribution is 2.44. The van der Waals surface area contributed by atoms with Crippen LogP contribution in [0.3, 0.4) is 0 Å². The van der Waals surface area contributed by atoms with E-state index in [9.17, 15) is 0 Å². The van der Waals surface area contributed by atoms with Crippen LogP contribution < -0.4 is 4.90 Å². The van der Waals surface area contributed by atoms with Crippen LogP contribution in [-0.4, -0.2) is 4.98 Å². The summed E-state index contributed by atoms with van der Waals surface area (Å²) in [7, 11) is 0. The van der Waals surface area contributed by atoms with Gasteiger partial charge in [-0.2, -0.15) is 0 Å². The summed E-state index contributed by atoms with van der Waals surface area (Å²) in [6, 6.07) is 64.7. The number of thiophene rings is 1. The molecule has 0 unspecified atom stereocenters. The van der Waals surface area contributed by atoms with Crippen molar-refractivity contribution in [3.05, 3.63) is 182 Å². The summed E-state index contributed by atoms with van der Waals surface area (Å²) in [6.45, 7) is 0. The van der Waals surface area contributed by atoms with E-state index in [0.717, 1.165) is 33.7 Å². The molecule has 0 radical (unpaired) electrons. The molecule has 0 aliphatic heterocycles. The van der Waals surface area contributed by atoms with Gasteiger partial charge in [-0.15, -0.1) is 11.3 Å². The van der Waals surface area contributed by atoms with Gasteiger partial charge in [0.1, 0.15) is 5.52 Å². The second kappa shape index (κ2) is 12.1. The maximum absolute atomic E-state index is 6.25. The average Bonchev–Trinajstić information content (AvgIpc) is 3.80. The lowest BCUT2D eigenvalue weighted by Crippen LogP contribution is -2.09. The first-order valence-electron chi connectivity index (χ1n) is 17.1. The van der Waals surface area contributed by atoms with Crippen LogP contribution in [0.2, 0.25) is 0 Å². The van der Waals surface area contributed by atoms with Crippen LogP contribution in [0.4, 0.5) is 17.1 Å². The Labute approximate surface area is 299 Å². The van der Waals surface area contributed by atoms with Crippen LogP contribution in [0, 0.1) is 0 Å². The molecule has 3 nitrogen and oxygen atoms in total. The molecule has 2 aromatic heterocycles. The van der Waals surface area contributed by atoms with Gasteiger partial charge in [0.15, 0.2) is 5.58 Å². The van der Waals surface area contributed by atoms with Gasteiger partial charge in [0.05, 0.1) is 0 Å². The Hall–Kier alpha value is -6.49. The maximum atomic E-state index is 6.25. The Morgan fingerprint density at radius 2 is 1.14 bits per heavy atom. The number of para-hydroxylation sites is 2. The zero-order valence-corrected chi connectivity index (χ0v) is 28.3. The fourth-order valence-electron chi connectivity index (χ4n) is 7.19. The zero-order chi connectivity index (χ0) is 33.7. The lowest BCUT2D eigenvalue weighted by molar-refractivity contribution is 0.620. The number of aromatic nitrogens is 1. The third kappa shape index (κ3) is 5.25. The minimum absolute atomic E-state index is 0.649. The number of benzene rings is 8. The zero-order valence-electron chi connectivity index (χ0n) is 27.5. The van der Waals surface area contributed by atoms with E-state index in [1.54, 1.807) is 11.3 Å². The van der Waals surface area contributed by atoms with Gasteiger partial charge in [-0.05, 0) is 99.8 Å². The summed E-state index contributed by atoms with van der Waals surface area (Å²) in [6.07, 6.45) is 0. The number of hydrogen-bond donors (Lipinski definition) is 0. The van der Waals surface area contributed by atoms with E-state index in [4.69, 9.17) is 9.40 Å². The van der Waals surface area contributed by atoms with E-state index in [1.165, 1.54) is 53.2 Å². The Morgan fingerprint density at radius 1 is 0.451 bits per heavy atom. The highest BCUT2D eigenvalue weighted by molar-refractivity contribution is 7.26. The topological polar surface area (TPSA) is 29.3 Å². The van der Waals surface area contributed by atoms with Crippen molar-refractivity contribution < 1.29 is 4.42 Å². The van der Waals surface area contributed by atoms with Gasteiger partial charge in [0.25, 0.3) is 0 Å². The van der Waals surface area contributed by atoms with Crippen LogP contribution in [0.1, 0.15) is 0 Å². The van der Waals surface area contributed by atoms with Crippen molar-refractivity contribution >= 4 is 70.4 Å². The number of oxazole rings is 1. The molecule has 10 rings (SSSR count). The molecule has 0 aliphatic carbocycles. The van der Waals surface area contributed by atoms with Crippen LogP contribution in [0.5, 0.6) is 0 Å². The van der Waals surface area contributed by atoms with Crippen molar-refractivity contribution in [3.8, 4) is 33.7 Å². The van der Waals surface area contributed by atoms with Crippen molar-refractivity contribution in [2.45, 2.75) is 0 Å². The Morgan fingerprint density at radius 3 is 2.02 bits per heavy atom. The predicted molar refractivity (Wildman–Crippen MR) is 215 cm³/mol. The molecule has 0 fully saturated rings. The van der Waals surface area contributed by atoms with Crippen molar-refractivity contribution in [2.24, 2.45) is 0 Å². The molecule has 0 aliphatic rings. The molecule has 0 saturated heterocycles. The molecule has 8 aromatic carbocycles. The normalized spacial score (nSPS) is 11.5. The molecule has 0 bridgehead atoms. The van der Waals surface area contributed by atoms with Crippen LogP contribution >= 0.6 is 11.3 Å². The molecule has 2 heterocycles. The molecule has 0 N–H and O–H groups in total. The summed E-state index contributed by atoms with van der Waals surface area (Å²) in [5, 5.41) is 4.86. The lowest BCUT2D eigenvalue weighted by atomic mass is 10.0. The highest BCUT2D eigenvalue weighted by atomic mass is 32.1. The number of hydrogen-bond acceptors (Lipinski definition) is 4. The van der Waals surface area contributed by atoms with Crippen molar-refractivity contribution in [3.63, 3.8) is 0 Å². The molecule has 0 amide bonds. The molecule has 0 atom stereocenters. The minimum atomic E-state index is 0.649. The lowest BCUT2D eigenvalue weighted by Gasteiger charge is -2.26. The third-order valence-electron chi connectivity index (χ3n) is 9.68. The molecule has 0 spiro atoms. The van der Waals surface area contributed by atoms with Crippen molar-refractivity contribution in [2.75, 3.05) is 4.90 Å². The van der Waals surface area contributed by atoms with Gasteiger partial charge in [0, 0.05) is 42.8 Å². The van der Waals surface area contributed by atoms with Crippen molar-refractivity contribution in [1.82, 2.24) is 4.98 Å². The van der Waals surface area contributed by atoms with E-state index in [2.05, 4.69) is 163 Å². The van der Waals surface area contributed by atoms with Crippen molar-refractivity contribution in [1.29, 1.82) is 0 Å². The van der Waals surface area contributed by atoms with Crippen LogP contribution in [0.25, 0.3) is 75.8 Å². The van der Waals surface area contributed by atoms with Gasteiger partial charge in [-0.25, -0.2) is 4.98 Å². The summed E-state index contributed by atoms with van der Waals surface area (Å²) in [5.41, 5.74) is 10.7. The van der Waals surface area contributed by atoms with Gasteiger partial charge in [0.2, 0.25) is 5.89 Å². The van der Waals surface area contributed by atoms with Gasteiger partial charge in [-0.3, -0.25) is 0 Å². The summed E-state index contributed by atoms with van der Waals surface area (Å²) >= 11 is 1.80. The van der Waals surface area contributed by atoms with Crippen LogP contribution in [0.15, 0.2) is 186 Å². The number of fused-ring (bicyclic) bond motifs is 5.